The Labute approximate surface area is 152 Å². The van der Waals surface area contributed by atoms with Gasteiger partial charge in [0.1, 0.15) is 23.9 Å². The van der Waals surface area contributed by atoms with Crippen molar-refractivity contribution >= 4 is 5.91 Å². The highest BCUT2D eigenvalue weighted by atomic mass is 16.5. The summed E-state index contributed by atoms with van der Waals surface area (Å²) >= 11 is 0. The van der Waals surface area contributed by atoms with E-state index in [1.54, 1.807) is 13.2 Å². The number of carbonyl (C=O) groups is 1. The molecule has 26 heavy (non-hydrogen) atoms. The van der Waals surface area contributed by atoms with Crippen molar-refractivity contribution in [2.75, 3.05) is 26.8 Å². The SMILES string of the molecule is COc1ccccc1CC(O)CNCCOc1ccc(O)c(C(N)=O)c1. The molecule has 0 aliphatic heterocycles. The van der Waals surface area contributed by atoms with Gasteiger partial charge in [0.2, 0.25) is 0 Å². The number of hydrogen-bond acceptors (Lipinski definition) is 6. The van der Waals surface area contributed by atoms with Crippen molar-refractivity contribution < 1.29 is 24.5 Å². The number of methoxy groups -OCH3 is 1. The molecule has 0 radical (unpaired) electrons. The number of aliphatic hydroxyl groups excluding tert-OH is 1. The summed E-state index contributed by atoms with van der Waals surface area (Å²) in [5, 5.41) is 22.8. The number of carbonyl (C=O) groups excluding carboxylic acids is 1. The average Bonchev–Trinajstić information content (AvgIpc) is 2.63. The summed E-state index contributed by atoms with van der Waals surface area (Å²) < 4.78 is 10.8. The zero-order valence-corrected chi connectivity index (χ0v) is 14.6. The highest BCUT2D eigenvalue weighted by Crippen LogP contribution is 2.22. The van der Waals surface area contributed by atoms with E-state index in [2.05, 4.69) is 5.32 Å². The number of nitrogens with one attached hydrogen (secondary N) is 1. The van der Waals surface area contributed by atoms with Gasteiger partial charge in [-0.15, -0.1) is 0 Å². The number of benzene rings is 2. The Bertz CT molecular complexity index is 736. The largest absolute Gasteiger partial charge is 0.507 e. The van der Waals surface area contributed by atoms with Crippen LogP contribution in [0.4, 0.5) is 0 Å². The average molecular weight is 360 g/mol. The minimum absolute atomic E-state index is 0.0164. The molecule has 7 heteroatoms. The number of para-hydroxylation sites is 1. The molecule has 1 unspecified atom stereocenters. The van der Waals surface area contributed by atoms with Crippen LogP contribution in [0, 0.1) is 0 Å². The molecule has 1 atom stereocenters. The molecule has 0 aliphatic carbocycles. The molecule has 7 nitrogen and oxygen atoms in total. The van der Waals surface area contributed by atoms with Gasteiger partial charge >= 0.3 is 0 Å². The van der Waals surface area contributed by atoms with Gasteiger partial charge in [-0.25, -0.2) is 0 Å². The van der Waals surface area contributed by atoms with E-state index in [4.69, 9.17) is 15.2 Å². The number of amides is 1. The Morgan fingerprint density at radius 1 is 1.27 bits per heavy atom. The summed E-state index contributed by atoms with van der Waals surface area (Å²) in [6.45, 7) is 1.25. The fourth-order valence-corrected chi connectivity index (χ4v) is 2.51. The third-order valence-corrected chi connectivity index (χ3v) is 3.81. The van der Waals surface area contributed by atoms with Crippen molar-refractivity contribution in [1.82, 2.24) is 5.32 Å². The van der Waals surface area contributed by atoms with Gasteiger partial charge < -0.3 is 30.7 Å². The Balaban J connectivity index is 1.72. The lowest BCUT2D eigenvalue weighted by Gasteiger charge is -2.14. The summed E-state index contributed by atoms with van der Waals surface area (Å²) in [7, 11) is 1.60. The Hall–Kier alpha value is -2.77. The number of phenols is 1. The topological polar surface area (TPSA) is 114 Å². The Kier molecular flexibility index (Phi) is 7.25. The minimum Gasteiger partial charge on any atom is -0.507 e. The van der Waals surface area contributed by atoms with Crippen molar-refractivity contribution in [1.29, 1.82) is 0 Å². The molecule has 0 saturated heterocycles. The van der Waals surface area contributed by atoms with Gasteiger partial charge in [-0.05, 0) is 29.8 Å². The van der Waals surface area contributed by atoms with E-state index in [0.717, 1.165) is 11.3 Å². The second kappa shape index (κ2) is 9.65. The summed E-state index contributed by atoms with van der Waals surface area (Å²) in [5.41, 5.74) is 6.14. The molecule has 2 aromatic carbocycles. The molecule has 140 valence electrons. The van der Waals surface area contributed by atoms with Crippen LogP contribution in [0.15, 0.2) is 42.5 Å². The molecule has 1 amide bonds. The van der Waals surface area contributed by atoms with E-state index < -0.39 is 12.0 Å². The normalized spacial score (nSPS) is 11.8. The zero-order chi connectivity index (χ0) is 18.9. The van der Waals surface area contributed by atoms with Gasteiger partial charge in [0.15, 0.2) is 0 Å². The summed E-state index contributed by atoms with van der Waals surface area (Å²) in [6, 6.07) is 11.9. The van der Waals surface area contributed by atoms with Gasteiger partial charge in [0.25, 0.3) is 5.91 Å². The van der Waals surface area contributed by atoms with Crippen LogP contribution in [-0.4, -0.2) is 49.0 Å². The van der Waals surface area contributed by atoms with Crippen molar-refractivity contribution in [2.45, 2.75) is 12.5 Å². The first-order chi connectivity index (χ1) is 12.5. The third kappa shape index (κ3) is 5.65. The van der Waals surface area contributed by atoms with Crippen LogP contribution in [0.5, 0.6) is 17.2 Å². The van der Waals surface area contributed by atoms with Gasteiger partial charge in [-0.3, -0.25) is 4.79 Å². The second-order valence-corrected chi connectivity index (χ2v) is 5.77. The lowest BCUT2D eigenvalue weighted by Crippen LogP contribution is -2.31. The van der Waals surface area contributed by atoms with Crippen molar-refractivity contribution in [3.05, 3.63) is 53.6 Å². The number of aromatic hydroxyl groups is 1. The first kappa shape index (κ1) is 19.6. The molecule has 0 heterocycles. The predicted molar refractivity (Wildman–Crippen MR) is 97.7 cm³/mol. The molecule has 0 saturated carbocycles. The fraction of sp³-hybridized carbons (Fsp3) is 0.316. The van der Waals surface area contributed by atoms with Gasteiger partial charge in [0, 0.05) is 19.5 Å². The molecule has 0 bridgehead atoms. The van der Waals surface area contributed by atoms with E-state index in [1.807, 2.05) is 24.3 Å². The highest BCUT2D eigenvalue weighted by molar-refractivity contribution is 5.95. The lowest BCUT2D eigenvalue weighted by molar-refractivity contribution is 0.0997. The fourth-order valence-electron chi connectivity index (χ4n) is 2.51. The number of aliphatic hydroxyl groups is 1. The van der Waals surface area contributed by atoms with E-state index in [1.165, 1.54) is 12.1 Å². The van der Waals surface area contributed by atoms with Crippen LogP contribution in [0.3, 0.4) is 0 Å². The quantitative estimate of drug-likeness (QED) is 0.471. The third-order valence-electron chi connectivity index (χ3n) is 3.81. The molecule has 0 spiro atoms. The monoisotopic (exact) mass is 360 g/mol. The molecular weight excluding hydrogens is 336 g/mol. The molecule has 2 rings (SSSR count). The van der Waals surface area contributed by atoms with E-state index in [0.29, 0.717) is 31.9 Å². The molecule has 5 N–H and O–H groups in total. The van der Waals surface area contributed by atoms with Gasteiger partial charge in [-0.2, -0.15) is 0 Å². The minimum atomic E-state index is -0.717. The summed E-state index contributed by atoms with van der Waals surface area (Å²) in [6.07, 6.45) is -0.0703. The maximum Gasteiger partial charge on any atom is 0.252 e. The van der Waals surface area contributed by atoms with Crippen LogP contribution >= 0.6 is 0 Å². The van der Waals surface area contributed by atoms with Crippen LogP contribution in [0.1, 0.15) is 15.9 Å². The van der Waals surface area contributed by atoms with Gasteiger partial charge in [-0.1, -0.05) is 18.2 Å². The summed E-state index contributed by atoms with van der Waals surface area (Å²) in [5.74, 6) is 0.299. The lowest BCUT2D eigenvalue weighted by atomic mass is 10.1. The van der Waals surface area contributed by atoms with Crippen LogP contribution in [0.25, 0.3) is 0 Å². The number of nitrogens with two attached hydrogens (primary N) is 1. The number of rotatable bonds is 10. The standard InChI is InChI=1S/C19H24N2O5/c1-25-18-5-3-2-4-13(18)10-14(22)12-21-8-9-26-15-6-7-17(23)16(11-15)19(20)24/h2-7,11,14,21-23H,8-10,12H2,1H3,(H2,20,24). The van der Waals surface area contributed by atoms with Crippen LogP contribution in [0.2, 0.25) is 0 Å². The molecule has 0 aliphatic rings. The highest BCUT2D eigenvalue weighted by Gasteiger charge is 2.10. The second-order valence-electron chi connectivity index (χ2n) is 5.77. The zero-order valence-electron chi connectivity index (χ0n) is 14.6. The Morgan fingerprint density at radius 2 is 2.04 bits per heavy atom. The van der Waals surface area contributed by atoms with Crippen LogP contribution in [-0.2, 0) is 6.42 Å². The smallest absolute Gasteiger partial charge is 0.252 e. The molecule has 2 aromatic rings. The van der Waals surface area contributed by atoms with Crippen LogP contribution < -0.4 is 20.5 Å². The van der Waals surface area contributed by atoms with Gasteiger partial charge in [0.05, 0.1) is 18.8 Å². The first-order valence-electron chi connectivity index (χ1n) is 8.27. The molecule has 0 aromatic heterocycles. The predicted octanol–water partition coefficient (Wildman–Crippen LogP) is 1.07. The molecular formula is C19H24N2O5. The molecule has 0 fully saturated rings. The van der Waals surface area contributed by atoms with Crippen molar-refractivity contribution in [3.63, 3.8) is 0 Å². The Morgan fingerprint density at radius 3 is 2.77 bits per heavy atom. The maximum atomic E-state index is 11.2. The van der Waals surface area contributed by atoms with E-state index >= 15 is 0 Å². The van der Waals surface area contributed by atoms with Crippen molar-refractivity contribution in [2.24, 2.45) is 5.73 Å². The number of ether oxygens (including phenoxy) is 2. The maximum absolute atomic E-state index is 11.2. The van der Waals surface area contributed by atoms with E-state index in [9.17, 15) is 15.0 Å². The van der Waals surface area contributed by atoms with Crippen molar-refractivity contribution in [3.8, 4) is 17.2 Å². The number of hydrogen-bond donors (Lipinski definition) is 4. The van der Waals surface area contributed by atoms with E-state index in [-0.39, 0.29) is 11.3 Å². The number of primary amides is 1. The first-order valence-corrected chi connectivity index (χ1v) is 8.27. The summed E-state index contributed by atoms with van der Waals surface area (Å²) in [4.78, 5) is 11.2.